The van der Waals surface area contributed by atoms with Crippen LogP contribution in [0.1, 0.15) is 28.5 Å². The van der Waals surface area contributed by atoms with Crippen LogP contribution in [-0.4, -0.2) is 46.7 Å². The number of benzene rings is 2. The molecular formula is C24H24N2O5. The first-order valence-corrected chi connectivity index (χ1v) is 10.1. The van der Waals surface area contributed by atoms with E-state index in [1.165, 1.54) is 0 Å². The van der Waals surface area contributed by atoms with Gasteiger partial charge in [0, 0.05) is 24.5 Å². The topological polar surface area (TPSA) is 81.0 Å². The molecule has 160 valence electrons. The Morgan fingerprint density at radius 2 is 1.84 bits per heavy atom. The molecule has 0 fully saturated rings. The van der Waals surface area contributed by atoms with Crippen LogP contribution in [0.3, 0.4) is 0 Å². The van der Waals surface area contributed by atoms with Crippen LogP contribution >= 0.6 is 0 Å². The largest absolute Gasteiger partial charge is 0.507 e. The van der Waals surface area contributed by atoms with Crippen molar-refractivity contribution in [2.45, 2.75) is 13.5 Å². The number of para-hydroxylation sites is 1. The van der Waals surface area contributed by atoms with Crippen LogP contribution in [0.5, 0.6) is 5.75 Å². The van der Waals surface area contributed by atoms with E-state index in [9.17, 15) is 14.7 Å². The second kappa shape index (κ2) is 8.18. The highest BCUT2D eigenvalue weighted by Crippen LogP contribution is 2.35. The molecule has 4 rings (SSSR count). The number of carbonyl (C=O) groups is 2. The molecule has 1 amide bonds. The minimum absolute atomic E-state index is 0.0570. The number of aryl methyl sites for hydroxylation is 1. The van der Waals surface area contributed by atoms with Crippen LogP contribution < -0.4 is 4.74 Å². The van der Waals surface area contributed by atoms with Crippen molar-refractivity contribution in [1.29, 1.82) is 0 Å². The zero-order valence-electron chi connectivity index (χ0n) is 17.7. The SMILES string of the molecule is CCOC(=O)C1=C(O)c2c(n(C)c3ccccc23)C(=O)N(Cc2ccc(OC)cc2)C1. The van der Waals surface area contributed by atoms with E-state index in [0.29, 0.717) is 22.4 Å². The van der Waals surface area contributed by atoms with Crippen molar-refractivity contribution in [3.05, 3.63) is 70.9 Å². The molecule has 0 saturated heterocycles. The molecule has 1 N–H and O–H groups in total. The number of aliphatic hydroxyl groups excluding tert-OH is 1. The first-order valence-electron chi connectivity index (χ1n) is 10.1. The fraction of sp³-hybridized carbons (Fsp3) is 0.250. The Balaban J connectivity index is 1.86. The monoisotopic (exact) mass is 420 g/mol. The summed E-state index contributed by atoms with van der Waals surface area (Å²) in [6, 6.07) is 14.8. The molecule has 0 spiro atoms. The van der Waals surface area contributed by atoms with Gasteiger partial charge in [-0.1, -0.05) is 30.3 Å². The highest BCUT2D eigenvalue weighted by molar-refractivity contribution is 6.11. The van der Waals surface area contributed by atoms with E-state index in [1.807, 2.05) is 48.5 Å². The van der Waals surface area contributed by atoms with E-state index in [0.717, 1.165) is 11.1 Å². The number of ether oxygens (including phenoxy) is 2. The van der Waals surface area contributed by atoms with Gasteiger partial charge in [0.15, 0.2) is 0 Å². The fourth-order valence-corrected chi connectivity index (χ4v) is 3.98. The molecule has 7 heteroatoms. The first-order chi connectivity index (χ1) is 15.0. The van der Waals surface area contributed by atoms with Gasteiger partial charge >= 0.3 is 5.97 Å². The zero-order chi connectivity index (χ0) is 22.1. The average molecular weight is 420 g/mol. The fourth-order valence-electron chi connectivity index (χ4n) is 3.98. The number of rotatable bonds is 5. The number of amides is 1. The molecule has 0 atom stereocenters. The molecule has 3 aromatic rings. The van der Waals surface area contributed by atoms with Gasteiger partial charge in [-0.25, -0.2) is 4.79 Å². The highest BCUT2D eigenvalue weighted by Gasteiger charge is 2.35. The summed E-state index contributed by atoms with van der Waals surface area (Å²) < 4.78 is 12.1. The van der Waals surface area contributed by atoms with Crippen LogP contribution in [0.2, 0.25) is 0 Å². The summed E-state index contributed by atoms with van der Waals surface area (Å²) in [6.07, 6.45) is 0. The molecule has 2 heterocycles. The van der Waals surface area contributed by atoms with E-state index in [-0.39, 0.29) is 36.9 Å². The van der Waals surface area contributed by atoms with Gasteiger partial charge in [0.1, 0.15) is 17.2 Å². The van der Waals surface area contributed by atoms with Crippen LogP contribution in [0, 0.1) is 0 Å². The van der Waals surface area contributed by atoms with Crippen LogP contribution in [0.15, 0.2) is 54.1 Å². The molecule has 7 nitrogen and oxygen atoms in total. The van der Waals surface area contributed by atoms with E-state index >= 15 is 0 Å². The van der Waals surface area contributed by atoms with Gasteiger partial charge in [0.25, 0.3) is 5.91 Å². The van der Waals surface area contributed by atoms with Crippen molar-refractivity contribution < 1.29 is 24.2 Å². The summed E-state index contributed by atoms with van der Waals surface area (Å²) in [5.74, 6) is -0.397. The lowest BCUT2D eigenvalue weighted by atomic mass is 10.1. The third-order valence-electron chi connectivity index (χ3n) is 5.52. The molecule has 0 saturated carbocycles. The van der Waals surface area contributed by atoms with Gasteiger partial charge in [-0.15, -0.1) is 0 Å². The number of esters is 1. The molecule has 2 aromatic carbocycles. The lowest BCUT2D eigenvalue weighted by Crippen LogP contribution is -2.34. The van der Waals surface area contributed by atoms with Crippen LogP contribution in [0.4, 0.5) is 0 Å². The van der Waals surface area contributed by atoms with Crippen molar-refractivity contribution in [2.24, 2.45) is 7.05 Å². The van der Waals surface area contributed by atoms with E-state index < -0.39 is 5.97 Å². The number of fused-ring (bicyclic) bond motifs is 3. The van der Waals surface area contributed by atoms with Crippen molar-refractivity contribution in [2.75, 3.05) is 20.3 Å². The van der Waals surface area contributed by atoms with Crippen molar-refractivity contribution in [3.63, 3.8) is 0 Å². The van der Waals surface area contributed by atoms with Gasteiger partial charge < -0.3 is 24.0 Å². The number of carbonyl (C=O) groups excluding carboxylic acids is 2. The normalized spacial score (nSPS) is 13.9. The quantitative estimate of drug-likeness (QED) is 0.637. The maximum Gasteiger partial charge on any atom is 0.339 e. The summed E-state index contributed by atoms with van der Waals surface area (Å²) in [5, 5.41) is 11.9. The van der Waals surface area contributed by atoms with Crippen molar-refractivity contribution in [3.8, 4) is 5.75 Å². The predicted octanol–water partition coefficient (Wildman–Crippen LogP) is 3.68. The number of nitrogens with zero attached hydrogens (tertiary/aromatic N) is 2. The molecule has 1 aromatic heterocycles. The smallest absolute Gasteiger partial charge is 0.339 e. The maximum atomic E-state index is 13.6. The van der Waals surface area contributed by atoms with Crippen LogP contribution in [-0.2, 0) is 23.1 Å². The molecule has 1 aliphatic rings. The first kappa shape index (κ1) is 20.5. The predicted molar refractivity (Wildman–Crippen MR) is 117 cm³/mol. The Kier molecular flexibility index (Phi) is 5.42. The Labute approximate surface area is 180 Å². The summed E-state index contributed by atoms with van der Waals surface area (Å²) in [7, 11) is 3.38. The second-order valence-corrected chi connectivity index (χ2v) is 7.36. The number of aliphatic hydroxyl groups is 1. The van der Waals surface area contributed by atoms with Gasteiger partial charge in [-0.3, -0.25) is 4.79 Å². The van der Waals surface area contributed by atoms with Crippen molar-refractivity contribution >= 4 is 28.5 Å². The lowest BCUT2D eigenvalue weighted by Gasteiger charge is -2.22. The Hall–Kier alpha value is -3.74. The molecule has 0 bridgehead atoms. The third kappa shape index (κ3) is 3.52. The second-order valence-electron chi connectivity index (χ2n) is 7.36. The highest BCUT2D eigenvalue weighted by atomic mass is 16.5. The van der Waals surface area contributed by atoms with E-state index in [2.05, 4.69) is 0 Å². The Morgan fingerprint density at radius 3 is 2.52 bits per heavy atom. The van der Waals surface area contributed by atoms with Gasteiger partial charge in [0.05, 0.1) is 31.4 Å². The molecule has 0 aliphatic carbocycles. The standard InChI is InChI=1S/C24H24N2O5/c1-4-31-24(29)18-14-26(13-15-9-11-16(30-3)12-10-15)23(28)21-20(22(18)27)17-7-5-6-8-19(17)25(21)2/h5-12,27H,4,13-14H2,1-3H3. The summed E-state index contributed by atoms with van der Waals surface area (Å²) in [4.78, 5) is 27.9. The summed E-state index contributed by atoms with van der Waals surface area (Å²) in [6.45, 7) is 2.08. The molecule has 31 heavy (non-hydrogen) atoms. The number of hydrogen-bond donors (Lipinski definition) is 1. The maximum absolute atomic E-state index is 13.6. The lowest BCUT2D eigenvalue weighted by molar-refractivity contribution is -0.138. The Bertz CT molecular complexity index is 1190. The van der Waals surface area contributed by atoms with E-state index in [1.54, 1.807) is 30.5 Å². The summed E-state index contributed by atoms with van der Waals surface area (Å²) in [5.41, 5.74) is 2.44. The van der Waals surface area contributed by atoms with Gasteiger partial charge in [-0.2, -0.15) is 0 Å². The van der Waals surface area contributed by atoms with Gasteiger partial charge in [-0.05, 0) is 30.7 Å². The number of methoxy groups -OCH3 is 1. The minimum atomic E-state index is -0.631. The minimum Gasteiger partial charge on any atom is -0.507 e. The average Bonchev–Trinajstić information content (AvgIpc) is 3.03. The Morgan fingerprint density at radius 1 is 1.13 bits per heavy atom. The summed E-state index contributed by atoms with van der Waals surface area (Å²) >= 11 is 0. The van der Waals surface area contributed by atoms with E-state index in [4.69, 9.17) is 9.47 Å². The number of aromatic nitrogens is 1. The zero-order valence-corrected chi connectivity index (χ0v) is 17.7. The number of hydrogen-bond acceptors (Lipinski definition) is 5. The van der Waals surface area contributed by atoms with Crippen LogP contribution in [0.25, 0.3) is 16.7 Å². The molecule has 0 unspecified atom stereocenters. The van der Waals surface area contributed by atoms with Crippen molar-refractivity contribution in [1.82, 2.24) is 9.47 Å². The molecule has 1 aliphatic heterocycles. The molecule has 0 radical (unpaired) electrons. The third-order valence-corrected chi connectivity index (χ3v) is 5.52. The molecular weight excluding hydrogens is 396 g/mol. The van der Waals surface area contributed by atoms with Gasteiger partial charge in [0.2, 0.25) is 0 Å².